The average molecular weight is 243 g/mol. The Morgan fingerprint density at radius 1 is 1.50 bits per heavy atom. The van der Waals surface area contributed by atoms with E-state index in [2.05, 4.69) is 22.4 Å². The van der Waals surface area contributed by atoms with Crippen LogP contribution < -0.4 is 0 Å². The van der Waals surface area contributed by atoms with Gasteiger partial charge in [0.05, 0.1) is 5.38 Å². The van der Waals surface area contributed by atoms with Crippen LogP contribution >= 0.6 is 11.6 Å². The maximum absolute atomic E-state index is 6.03. The molecule has 0 aromatic carbocycles. The molecule has 0 N–H and O–H groups in total. The molecule has 90 valence electrons. The number of hydrogen-bond acceptors (Lipinski definition) is 3. The van der Waals surface area contributed by atoms with Gasteiger partial charge in [-0.3, -0.25) is 0 Å². The number of halogens is 1. The van der Waals surface area contributed by atoms with E-state index >= 15 is 0 Å². The SMILES string of the molecule is CC1CCCC(Cn2nnnc2C(C)Cl)C1. The highest BCUT2D eigenvalue weighted by Crippen LogP contribution is 2.30. The number of aromatic nitrogens is 4. The Balaban J connectivity index is 2.00. The van der Waals surface area contributed by atoms with E-state index in [1.807, 2.05) is 11.6 Å². The largest absolute Gasteiger partial charge is 0.228 e. The predicted molar refractivity (Wildman–Crippen MR) is 63.2 cm³/mol. The van der Waals surface area contributed by atoms with Gasteiger partial charge in [-0.1, -0.05) is 19.8 Å². The van der Waals surface area contributed by atoms with Crippen molar-refractivity contribution in [2.45, 2.75) is 51.5 Å². The van der Waals surface area contributed by atoms with Crippen LogP contribution in [0.4, 0.5) is 0 Å². The molecule has 1 aromatic heterocycles. The molecule has 2 rings (SSSR count). The van der Waals surface area contributed by atoms with E-state index in [0.717, 1.165) is 18.3 Å². The fourth-order valence-corrected chi connectivity index (χ4v) is 2.75. The monoisotopic (exact) mass is 242 g/mol. The number of nitrogens with zero attached hydrogens (tertiary/aromatic N) is 4. The molecule has 1 heterocycles. The summed E-state index contributed by atoms with van der Waals surface area (Å²) in [5, 5.41) is 11.6. The van der Waals surface area contributed by atoms with Gasteiger partial charge in [0.1, 0.15) is 0 Å². The Bertz CT molecular complexity index is 336. The molecular weight excluding hydrogens is 224 g/mol. The summed E-state index contributed by atoms with van der Waals surface area (Å²) in [6.07, 6.45) is 5.28. The van der Waals surface area contributed by atoms with E-state index in [-0.39, 0.29) is 5.38 Å². The number of rotatable bonds is 3. The molecule has 0 saturated heterocycles. The summed E-state index contributed by atoms with van der Waals surface area (Å²) >= 11 is 6.03. The minimum Gasteiger partial charge on any atom is -0.228 e. The van der Waals surface area contributed by atoms with Gasteiger partial charge in [0, 0.05) is 6.54 Å². The smallest absolute Gasteiger partial charge is 0.168 e. The standard InChI is InChI=1S/C11H19ClN4/c1-8-4-3-5-10(6-8)7-16-11(9(2)12)13-14-15-16/h8-10H,3-7H2,1-2H3. The highest BCUT2D eigenvalue weighted by atomic mass is 35.5. The minimum absolute atomic E-state index is 0.115. The first kappa shape index (κ1) is 11.8. The molecule has 0 spiro atoms. The van der Waals surface area contributed by atoms with Crippen molar-refractivity contribution in [3.05, 3.63) is 5.82 Å². The molecule has 0 radical (unpaired) electrons. The van der Waals surface area contributed by atoms with Crippen LogP contribution in [-0.2, 0) is 6.54 Å². The van der Waals surface area contributed by atoms with Gasteiger partial charge in [-0.2, -0.15) is 0 Å². The molecule has 1 fully saturated rings. The topological polar surface area (TPSA) is 43.6 Å². The van der Waals surface area contributed by atoms with Gasteiger partial charge in [0.2, 0.25) is 0 Å². The number of alkyl halides is 1. The summed E-state index contributed by atoms with van der Waals surface area (Å²) in [6.45, 7) is 5.16. The van der Waals surface area contributed by atoms with E-state index in [9.17, 15) is 0 Å². The van der Waals surface area contributed by atoms with Crippen molar-refractivity contribution in [2.24, 2.45) is 11.8 Å². The van der Waals surface area contributed by atoms with Gasteiger partial charge >= 0.3 is 0 Å². The molecule has 1 saturated carbocycles. The maximum atomic E-state index is 6.03. The van der Waals surface area contributed by atoms with Gasteiger partial charge < -0.3 is 0 Å². The van der Waals surface area contributed by atoms with Gasteiger partial charge in [-0.25, -0.2) is 4.68 Å². The summed E-state index contributed by atoms with van der Waals surface area (Å²) < 4.78 is 1.88. The summed E-state index contributed by atoms with van der Waals surface area (Å²) in [6, 6.07) is 0. The third-order valence-electron chi connectivity index (χ3n) is 3.39. The van der Waals surface area contributed by atoms with Crippen molar-refractivity contribution in [1.29, 1.82) is 0 Å². The molecule has 0 aliphatic heterocycles. The molecule has 1 aliphatic carbocycles. The zero-order valence-electron chi connectivity index (χ0n) is 9.93. The number of hydrogen-bond donors (Lipinski definition) is 0. The lowest BCUT2D eigenvalue weighted by atomic mass is 9.82. The van der Waals surface area contributed by atoms with E-state index in [1.165, 1.54) is 25.7 Å². The van der Waals surface area contributed by atoms with E-state index < -0.39 is 0 Å². The fourth-order valence-electron chi connectivity index (χ4n) is 2.60. The average Bonchev–Trinajstić information content (AvgIpc) is 2.66. The quantitative estimate of drug-likeness (QED) is 0.766. The third-order valence-corrected chi connectivity index (χ3v) is 3.59. The third kappa shape index (κ3) is 2.73. The summed E-state index contributed by atoms with van der Waals surface area (Å²) in [5.41, 5.74) is 0. The lowest BCUT2D eigenvalue weighted by Gasteiger charge is -2.26. The first-order valence-electron chi connectivity index (χ1n) is 6.07. The molecule has 0 bridgehead atoms. The van der Waals surface area contributed by atoms with E-state index in [4.69, 9.17) is 11.6 Å². The Morgan fingerprint density at radius 2 is 2.31 bits per heavy atom. The van der Waals surface area contributed by atoms with Crippen LogP contribution in [0.15, 0.2) is 0 Å². The molecule has 16 heavy (non-hydrogen) atoms. The van der Waals surface area contributed by atoms with Gasteiger partial charge in [0.25, 0.3) is 0 Å². The second-order valence-corrected chi connectivity index (χ2v) is 5.63. The van der Waals surface area contributed by atoms with E-state index in [1.54, 1.807) is 0 Å². The van der Waals surface area contributed by atoms with E-state index in [0.29, 0.717) is 5.92 Å². The highest BCUT2D eigenvalue weighted by molar-refractivity contribution is 6.20. The molecule has 0 amide bonds. The summed E-state index contributed by atoms with van der Waals surface area (Å²) in [4.78, 5) is 0. The first-order valence-corrected chi connectivity index (χ1v) is 6.50. The van der Waals surface area contributed by atoms with Crippen molar-refractivity contribution in [3.8, 4) is 0 Å². The zero-order chi connectivity index (χ0) is 11.5. The summed E-state index contributed by atoms with van der Waals surface area (Å²) in [5.74, 6) is 2.34. The van der Waals surface area contributed by atoms with Crippen molar-refractivity contribution >= 4 is 11.6 Å². The lowest BCUT2D eigenvalue weighted by molar-refractivity contribution is 0.246. The van der Waals surface area contributed by atoms with Gasteiger partial charge in [-0.05, 0) is 42.0 Å². The number of tetrazole rings is 1. The minimum atomic E-state index is -0.115. The van der Waals surface area contributed by atoms with Gasteiger partial charge in [0.15, 0.2) is 5.82 Å². The van der Waals surface area contributed by atoms with Crippen molar-refractivity contribution < 1.29 is 0 Å². The second kappa shape index (κ2) is 5.13. The predicted octanol–water partition coefficient (Wildman–Crippen LogP) is 2.80. The van der Waals surface area contributed by atoms with Crippen LogP contribution in [0, 0.1) is 11.8 Å². The maximum Gasteiger partial charge on any atom is 0.168 e. The molecule has 4 nitrogen and oxygen atoms in total. The zero-order valence-corrected chi connectivity index (χ0v) is 10.7. The summed E-state index contributed by atoms with van der Waals surface area (Å²) in [7, 11) is 0. The van der Waals surface area contributed by atoms with Crippen molar-refractivity contribution in [3.63, 3.8) is 0 Å². The second-order valence-electron chi connectivity index (χ2n) is 4.97. The fraction of sp³-hybridized carbons (Fsp3) is 0.909. The Labute approximate surface area is 101 Å². The lowest BCUT2D eigenvalue weighted by Crippen LogP contribution is -2.20. The molecule has 5 heteroatoms. The van der Waals surface area contributed by atoms with Crippen molar-refractivity contribution in [1.82, 2.24) is 20.2 Å². The van der Waals surface area contributed by atoms with Crippen LogP contribution in [0.2, 0.25) is 0 Å². The molecule has 3 unspecified atom stereocenters. The molecular formula is C11H19ClN4. The van der Waals surface area contributed by atoms with Crippen LogP contribution in [-0.4, -0.2) is 20.2 Å². The van der Waals surface area contributed by atoms with Gasteiger partial charge in [-0.15, -0.1) is 16.7 Å². The Kier molecular flexibility index (Phi) is 3.79. The van der Waals surface area contributed by atoms with Crippen LogP contribution in [0.25, 0.3) is 0 Å². The Hall–Kier alpha value is -0.640. The normalized spacial score (nSPS) is 27.9. The molecule has 1 aromatic rings. The highest BCUT2D eigenvalue weighted by Gasteiger charge is 2.21. The van der Waals surface area contributed by atoms with Crippen LogP contribution in [0.1, 0.15) is 50.7 Å². The molecule has 1 aliphatic rings. The van der Waals surface area contributed by atoms with Crippen LogP contribution in [0.3, 0.4) is 0 Å². The Morgan fingerprint density at radius 3 is 3.00 bits per heavy atom. The molecule has 3 atom stereocenters. The first-order chi connectivity index (χ1) is 7.66. The van der Waals surface area contributed by atoms with Crippen LogP contribution in [0.5, 0.6) is 0 Å². The van der Waals surface area contributed by atoms with Crippen molar-refractivity contribution in [2.75, 3.05) is 0 Å².